The minimum Gasteiger partial charge on any atom is -0.507 e. The van der Waals surface area contributed by atoms with Crippen LogP contribution >= 0.6 is 0 Å². The SMILES string of the molecule is O=C(c1c(O)cccc1O)N1CC[C@]2(CCCN(CCCc3ccccc3)C2=O)C1. The average molecular weight is 408 g/mol. The Labute approximate surface area is 176 Å². The number of phenols is 2. The average Bonchev–Trinajstić information content (AvgIpc) is 3.17. The van der Waals surface area contributed by atoms with Crippen molar-refractivity contribution in [1.82, 2.24) is 9.80 Å². The first-order valence-corrected chi connectivity index (χ1v) is 10.6. The molecule has 0 aliphatic carbocycles. The largest absolute Gasteiger partial charge is 0.507 e. The molecule has 2 aliphatic heterocycles. The molecular weight excluding hydrogens is 380 g/mol. The first-order chi connectivity index (χ1) is 14.5. The number of hydrogen-bond acceptors (Lipinski definition) is 4. The number of benzene rings is 2. The van der Waals surface area contributed by atoms with Crippen LogP contribution in [0.5, 0.6) is 11.5 Å². The molecule has 1 spiro atoms. The Morgan fingerprint density at radius 1 is 0.967 bits per heavy atom. The van der Waals surface area contributed by atoms with Gasteiger partial charge in [-0.2, -0.15) is 0 Å². The van der Waals surface area contributed by atoms with Gasteiger partial charge in [0.05, 0.1) is 5.41 Å². The molecule has 0 saturated carbocycles. The number of nitrogens with zero attached hydrogens (tertiary/aromatic N) is 2. The Morgan fingerprint density at radius 3 is 2.43 bits per heavy atom. The van der Waals surface area contributed by atoms with Gasteiger partial charge >= 0.3 is 0 Å². The summed E-state index contributed by atoms with van der Waals surface area (Å²) in [4.78, 5) is 29.8. The molecule has 6 nitrogen and oxygen atoms in total. The topological polar surface area (TPSA) is 81.1 Å². The molecule has 2 aromatic rings. The van der Waals surface area contributed by atoms with E-state index in [0.29, 0.717) is 19.5 Å². The summed E-state index contributed by atoms with van der Waals surface area (Å²) >= 11 is 0. The van der Waals surface area contributed by atoms with Crippen LogP contribution in [0.15, 0.2) is 48.5 Å². The number of hydrogen-bond donors (Lipinski definition) is 2. The fourth-order valence-corrected chi connectivity index (χ4v) is 4.81. The van der Waals surface area contributed by atoms with Crippen molar-refractivity contribution < 1.29 is 19.8 Å². The molecular formula is C24H28N2O4. The van der Waals surface area contributed by atoms with E-state index >= 15 is 0 Å². The van der Waals surface area contributed by atoms with Crippen LogP contribution in [-0.2, 0) is 11.2 Å². The Hall–Kier alpha value is -3.02. The standard InChI is InChI=1S/C24H28N2O4/c27-19-10-4-11-20(28)21(19)22(29)26-16-13-24(17-26)12-6-15-25(23(24)30)14-5-9-18-7-2-1-3-8-18/h1-4,7-8,10-11,27-28H,5-6,9,12-17H2/t24-/m1/s1. The van der Waals surface area contributed by atoms with Gasteiger partial charge < -0.3 is 20.0 Å². The molecule has 2 aliphatic rings. The summed E-state index contributed by atoms with van der Waals surface area (Å²) in [6, 6.07) is 14.5. The second-order valence-corrected chi connectivity index (χ2v) is 8.41. The molecule has 0 radical (unpaired) electrons. The van der Waals surface area contributed by atoms with Crippen molar-refractivity contribution >= 4 is 11.8 Å². The van der Waals surface area contributed by atoms with Gasteiger partial charge in [0.2, 0.25) is 5.91 Å². The molecule has 2 aromatic carbocycles. The molecule has 2 saturated heterocycles. The fourth-order valence-electron chi connectivity index (χ4n) is 4.81. The molecule has 6 heteroatoms. The quantitative estimate of drug-likeness (QED) is 0.796. The Balaban J connectivity index is 1.40. The van der Waals surface area contributed by atoms with Gasteiger partial charge in [0, 0.05) is 26.2 Å². The number of amides is 2. The van der Waals surface area contributed by atoms with E-state index in [1.54, 1.807) is 4.90 Å². The zero-order chi connectivity index (χ0) is 21.1. The van der Waals surface area contributed by atoms with Crippen LogP contribution in [0.2, 0.25) is 0 Å². The van der Waals surface area contributed by atoms with Gasteiger partial charge in [-0.1, -0.05) is 36.4 Å². The van der Waals surface area contributed by atoms with Crippen molar-refractivity contribution in [2.75, 3.05) is 26.2 Å². The molecule has 0 aromatic heterocycles. The third kappa shape index (κ3) is 3.86. The van der Waals surface area contributed by atoms with E-state index in [-0.39, 0.29) is 23.0 Å². The summed E-state index contributed by atoms with van der Waals surface area (Å²) < 4.78 is 0. The van der Waals surface area contributed by atoms with Gasteiger partial charge in [-0.15, -0.1) is 0 Å². The second-order valence-electron chi connectivity index (χ2n) is 8.41. The van der Waals surface area contributed by atoms with Gasteiger partial charge in [0.25, 0.3) is 5.91 Å². The highest BCUT2D eigenvalue weighted by molar-refractivity contribution is 6.00. The van der Waals surface area contributed by atoms with Crippen molar-refractivity contribution in [1.29, 1.82) is 0 Å². The summed E-state index contributed by atoms with van der Waals surface area (Å²) in [6.07, 6.45) is 4.19. The normalized spacial score (nSPS) is 21.4. The number of aryl methyl sites for hydroxylation is 1. The van der Waals surface area contributed by atoms with E-state index in [0.717, 1.165) is 38.8 Å². The number of phenolic OH excluding ortho intramolecular Hbond substituents is 2. The zero-order valence-electron chi connectivity index (χ0n) is 17.1. The molecule has 2 amide bonds. The minimum absolute atomic E-state index is 0.0856. The maximum atomic E-state index is 13.3. The third-order valence-corrected chi connectivity index (χ3v) is 6.44. The van der Waals surface area contributed by atoms with Gasteiger partial charge in [0.15, 0.2) is 0 Å². The maximum Gasteiger partial charge on any atom is 0.261 e. The van der Waals surface area contributed by atoms with E-state index < -0.39 is 11.3 Å². The maximum absolute atomic E-state index is 13.3. The highest BCUT2D eigenvalue weighted by atomic mass is 16.3. The van der Waals surface area contributed by atoms with Crippen molar-refractivity contribution in [3.05, 3.63) is 59.7 Å². The van der Waals surface area contributed by atoms with Crippen molar-refractivity contribution in [3.63, 3.8) is 0 Å². The highest BCUT2D eigenvalue weighted by Crippen LogP contribution is 2.41. The molecule has 1 atom stereocenters. The van der Waals surface area contributed by atoms with Gasteiger partial charge in [-0.3, -0.25) is 9.59 Å². The molecule has 30 heavy (non-hydrogen) atoms. The van der Waals surface area contributed by atoms with Crippen LogP contribution in [0.3, 0.4) is 0 Å². The van der Waals surface area contributed by atoms with E-state index in [1.807, 2.05) is 23.1 Å². The smallest absolute Gasteiger partial charge is 0.261 e. The molecule has 2 fully saturated rings. The van der Waals surface area contributed by atoms with Gasteiger partial charge in [-0.05, 0) is 49.8 Å². The second kappa shape index (κ2) is 8.38. The lowest BCUT2D eigenvalue weighted by molar-refractivity contribution is -0.145. The van der Waals surface area contributed by atoms with Crippen LogP contribution in [0, 0.1) is 5.41 Å². The predicted molar refractivity (Wildman–Crippen MR) is 113 cm³/mol. The monoisotopic (exact) mass is 408 g/mol. The molecule has 2 N–H and O–H groups in total. The predicted octanol–water partition coefficient (Wildman–Crippen LogP) is 3.19. The summed E-state index contributed by atoms with van der Waals surface area (Å²) in [5.74, 6) is -0.757. The van der Waals surface area contributed by atoms with E-state index in [9.17, 15) is 19.8 Å². The number of carbonyl (C=O) groups excluding carboxylic acids is 2. The van der Waals surface area contributed by atoms with E-state index in [2.05, 4.69) is 12.1 Å². The van der Waals surface area contributed by atoms with E-state index in [1.165, 1.54) is 23.8 Å². The molecule has 0 unspecified atom stereocenters. The van der Waals surface area contributed by atoms with Crippen LogP contribution in [0.25, 0.3) is 0 Å². The Kier molecular flexibility index (Phi) is 5.66. The number of rotatable bonds is 5. The number of piperidine rings is 1. The van der Waals surface area contributed by atoms with Crippen LogP contribution in [0.4, 0.5) is 0 Å². The summed E-state index contributed by atoms with van der Waals surface area (Å²) in [7, 11) is 0. The highest BCUT2D eigenvalue weighted by Gasteiger charge is 2.49. The van der Waals surface area contributed by atoms with Crippen LogP contribution in [-0.4, -0.2) is 58.0 Å². The van der Waals surface area contributed by atoms with Crippen LogP contribution < -0.4 is 0 Å². The minimum atomic E-state index is -0.541. The zero-order valence-corrected chi connectivity index (χ0v) is 17.1. The van der Waals surface area contributed by atoms with Crippen LogP contribution in [0.1, 0.15) is 41.6 Å². The summed E-state index contributed by atoms with van der Waals surface area (Å²) in [5, 5.41) is 20.1. The van der Waals surface area contributed by atoms with Gasteiger partial charge in [-0.25, -0.2) is 0 Å². The lowest BCUT2D eigenvalue weighted by Crippen LogP contribution is -2.50. The van der Waals surface area contributed by atoms with Gasteiger partial charge in [0.1, 0.15) is 17.1 Å². The van der Waals surface area contributed by atoms with Crippen molar-refractivity contribution in [3.8, 4) is 11.5 Å². The summed E-state index contributed by atoms with van der Waals surface area (Å²) in [5.41, 5.74) is 0.648. The molecule has 2 heterocycles. The number of aromatic hydroxyl groups is 2. The molecule has 4 rings (SSSR count). The Morgan fingerprint density at radius 2 is 1.70 bits per heavy atom. The third-order valence-electron chi connectivity index (χ3n) is 6.44. The first-order valence-electron chi connectivity index (χ1n) is 10.6. The molecule has 0 bridgehead atoms. The summed E-state index contributed by atoms with van der Waals surface area (Å²) in [6.45, 7) is 2.29. The molecule has 158 valence electrons. The Bertz CT molecular complexity index is 910. The first kappa shape index (κ1) is 20.3. The fraction of sp³-hybridized carbons (Fsp3) is 0.417. The van der Waals surface area contributed by atoms with Crippen molar-refractivity contribution in [2.45, 2.75) is 32.1 Å². The van der Waals surface area contributed by atoms with Crippen molar-refractivity contribution in [2.24, 2.45) is 5.41 Å². The lowest BCUT2D eigenvalue weighted by Gasteiger charge is -2.39. The number of carbonyl (C=O) groups is 2. The lowest BCUT2D eigenvalue weighted by atomic mass is 9.78. The van der Waals surface area contributed by atoms with E-state index in [4.69, 9.17) is 0 Å². The number of likely N-dealkylation sites (tertiary alicyclic amines) is 2.